The van der Waals surface area contributed by atoms with Crippen molar-refractivity contribution in [3.05, 3.63) is 59.7 Å². The van der Waals surface area contributed by atoms with E-state index in [4.69, 9.17) is 0 Å². The molecule has 2 aromatic carbocycles. The molecule has 0 saturated carbocycles. The van der Waals surface area contributed by atoms with Crippen LogP contribution in [0.15, 0.2) is 48.5 Å². The van der Waals surface area contributed by atoms with Gasteiger partial charge in [0.1, 0.15) is 0 Å². The fraction of sp³-hybridized carbons (Fsp3) is 0.360. The maximum Gasteiger partial charge on any atom is 0.237 e. The van der Waals surface area contributed by atoms with Crippen molar-refractivity contribution in [2.24, 2.45) is 17.8 Å². The van der Waals surface area contributed by atoms with E-state index >= 15 is 0 Å². The van der Waals surface area contributed by atoms with Crippen molar-refractivity contribution in [2.75, 3.05) is 9.80 Å². The van der Waals surface area contributed by atoms with Gasteiger partial charge in [0, 0.05) is 18.8 Å². The minimum absolute atomic E-state index is 0.122. The molecule has 6 nitrogen and oxygen atoms in total. The minimum Gasteiger partial charge on any atom is -0.274 e. The van der Waals surface area contributed by atoms with Gasteiger partial charge in [-0.05, 0) is 47.7 Å². The molecule has 2 unspecified atom stereocenters. The van der Waals surface area contributed by atoms with E-state index in [1.807, 2.05) is 50.2 Å². The topological polar surface area (TPSA) is 74.8 Å². The molecular formula is C25H26N2O4. The lowest BCUT2D eigenvalue weighted by atomic mass is 9.94. The third-order valence-corrected chi connectivity index (χ3v) is 6.16. The van der Waals surface area contributed by atoms with Gasteiger partial charge in [-0.1, -0.05) is 45.0 Å². The fourth-order valence-electron chi connectivity index (χ4n) is 4.26. The van der Waals surface area contributed by atoms with E-state index in [1.54, 1.807) is 19.1 Å². The number of carbonyl (C=O) groups is 4. The number of rotatable bonds is 5. The molecule has 31 heavy (non-hydrogen) atoms. The van der Waals surface area contributed by atoms with Crippen molar-refractivity contribution in [1.82, 2.24) is 0 Å². The first-order valence-corrected chi connectivity index (χ1v) is 10.7. The van der Waals surface area contributed by atoms with Crippen LogP contribution >= 0.6 is 0 Å². The number of benzene rings is 2. The maximum absolute atomic E-state index is 12.6. The van der Waals surface area contributed by atoms with Gasteiger partial charge in [0.05, 0.1) is 17.3 Å². The van der Waals surface area contributed by atoms with Gasteiger partial charge in [-0.2, -0.15) is 0 Å². The molecule has 0 spiro atoms. The van der Waals surface area contributed by atoms with Crippen molar-refractivity contribution in [2.45, 2.75) is 40.0 Å². The number of anilines is 2. The molecular weight excluding hydrogens is 392 g/mol. The number of hydrogen-bond donors (Lipinski definition) is 0. The Kier molecular flexibility index (Phi) is 5.48. The molecule has 2 aliphatic rings. The van der Waals surface area contributed by atoms with Gasteiger partial charge in [-0.25, -0.2) is 0 Å². The van der Waals surface area contributed by atoms with Crippen molar-refractivity contribution >= 4 is 35.0 Å². The summed E-state index contributed by atoms with van der Waals surface area (Å²) in [5.41, 5.74) is 3.29. The highest BCUT2D eigenvalue weighted by Gasteiger charge is 2.41. The molecule has 0 bridgehead atoms. The Labute approximate surface area is 181 Å². The lowest BCUT2D eigenvalue weighted by Gasteiger charge is -2.17. The number of amides is 4. The summed E-state index contributed by atoms with van der Waals surface area (Å²) >= 11 is 0. The second-order valence-electron chi connectivity index (χ2n) is 8.80. The zero-order valence-electron chi connectivity index (χ0n) is 18.0. The van der Waals surface area contributed by atoms with Gasteiger partial charge < -0.3 is 0 Å². The lowest BCUT2D eigenvalue weighted by molar-refractivity contribution is -0.124. The molecule has 0 radical (unpaired) electrons. The molecule has 2 heterocycles. The van der Waals surface area contributed by atoms with E-state index in [1.165, 1.54) is 9.80 Å². The van der Waals surface area contributed by atoms with Gasteiger partial charge in [0.15, 0.2) is 0 Å². The van der Waals surface area contributed by atoms with Gasteiger partial charge in [-0.15, -0.1) is 0 Å². The van der Waals surface area contributed by atoms with Crippen LogP contribution in [0.4, 0.5) is 11.4 Å². The molecule has 4 rings (SSSR count). The Balaban J connectivity index is 1.45. The van der Waals surface area contributed by atoms with Crippen molar-refractivity contribution in [1.29, 1.82) is 0 Å². The monoisotopic (exact) mass is 418 g/mol. The lowest BCUT2D eigenvalue weighted by Crippen LogP contribution is -2.31. The highest BCUT2D eigenvalue weighted by atomic mass is 16.2. The Morgan fingerprint density at radius 2 is 1.19 bits per heavy atom. The normalized spacial score (nSPS) is 21.7. The number of hydrogen-bond acceptors (Lipinski definition) is 4. The Morgan fingerprint density at radius 3 is 1.58 bits per heavy atom. The molecule has 0 aliphatic carbocycles. The van der Waals surface area contributed by atoms with Crippen LogP contribution < -0.4 is 9.80 Å². The largest absolute Gasteiger partial charge is 0.274 e. The summed E-state index contributed by atoms with van der Waals surface area (Å²) < 4.78 is 0. The summed E-state index contributed by atoms with van der Waals surface area (Å²) in [6.07, 6.45) is 1.19. The van der Waals surface area contributed by atoms with Crippen LogP contribution in [0.3, 0.4) is 0 Å². The predicted octanol–water partition coefficient (Wildman–Crippen LogP) is 3.71. The first-order chi connectivity index (χ1) is 14.8. The molecule has 2 saturated heterocycles. The van der Waals surface area contributed by atoms with Gasteiger partial charge in [-0.3, -0.25) is 29.0 Å². The standard InChI is InChI=1S/C25H26N2O4/c1-15(2)21-14-23(29)27(25(21)31)20-10-6-18(7-11-20)13-17-4-8-19(9-5-17)26-22(28)12-16(3)24(26)30/h4-11,15-16,21H,12-14H2,1-3H3. The summed E-state index contributed by atoms with van der Waals surface area (Å²) in [5.74, 6) is -0.960. The SMILES string of the molecule is CC1CC(=O)N(c2ccc(Cc3ccc(N4C(=O)CC(C(C)C)C4=O)cc3)cc2)C1=O. The zero-order valence-corrected chi connectivity index (χ0v) is 18.0. The van der Waals surface area contributed by atoms with Crippen LogP contribution in [0.1, 0.15) is 44.7 Å². The van der Waals surface area contributed by atoms with Crippen LogP contribution in [0, 0.1) is 17.8 Å². The Bertz CT molecular complexity index is 1040. The molecule has 0 N–H and O–H groups in total. The molecule has 2 fully saturated rings. The molecule has 2 aromatic rings. The number of nitrogens with zero attached hydrogens (tertiary/aromatic N) is 2. The predicted molar refractivity (Wildman–Crippen MR) is 117 cm³/mol. The van der Waals surface area contributed by atoms with E-state index in [0.717, 1.165) is 11.1 Å². The summed E-state index contributed by atoms with van der Waals surface area (Å²) in [6.45, 7) is 5.69. The third-order valence-electron chi connectivity index (χ3n) is 6.16. The second kappa shape index (κ2) is 8.10. The van der Waals surface area contributed by atoms with Crippen LogP contribution in [-0.2, 0) is 25.6 Å². The number of imide groups is 2. The molecule has 0 aromatic heterocycles. The average molecular weight is 418 g/mol. The molecule has 2 atom stereocenters. The fourth-order valence-corrected chi connectivity index (χ4v) is 4.26. The van der Waals surface area contributed by atoms with Gasteiger partial charge >= 0.3 is 0 Å². The van der Waals surface area contributed by atoms with Gasteiger partial charge in [0.2, 0.25) is 23.6 Å². The highest BCUT2D eigenvalue weighted by molar-refractivity contribution is 6.21. The Morgan fingerprint density at radius 1 is 0.742 bits per heavy atom. The molecule has 4 amide bonds. The highest BCUT2D eigenvalue weighted by Crippen LogP contribution is 2.31. The third kappa shape index (κ3) is 3.90. The van der Waals surface area contributed by atoms with E-state index in [2.05, 4.69) is 0 Å². The van der Waals surface area contributed by atoms with E-state index in [-0.39, 0.29) is 54.2 Å². The maximum atomic E-state index is 12.6. The smallest absolute Gasteiger partial charge is 0.237 e. The molecule has 2 aliphatic heterocycles. The molecule has 6 heteroatoms. The van der Waals surface area contributed by atoms with Crippen LogP contribution in [0.25, 0.3) is 0 Å². The van der Waals surface area contributed by atoms with Crippen LogP contribution in [0.2, 0.25) is 0 Å². The Hall–Kier alpha value is -3.28. The summed E-state index contributed by atoms with van der Waals surface area (Å²) in [6, 6.07) is 14.9. The van der Waals surface area contributed by atoms with Crippen molar-refractivity contribution in [3.63, 3.8) is 0 Å². The van der Waals surface area contributed by atoms with Gasteiger partial charge in [0.25, 0.3) is 0 Å². The second-order valence-corrected chi connectivity index (χ2v) is 8.80. The summed E-state index contributed by atoms with van der Waals surface area (Å²) in [7, 11) is 0. The van der Waals surface area contributed by atoms with E-state index < -0.39 is 0 Å². The van der Waals surface area contributed by atoms with E-state index in [0.29, 0.717) is 17.8 Å². The average Bonchev–Trinajstić information content (AvgIpc) is 3.17. The van der Waals surface area contributed by atoms with Crippen LogP contribution in [-0.4, -0.2) is 23.6 Å². The zero-order chi connectivity index (χ0) is 22.3. The number of carbonyl (C=O) groups excluding carboxylic acids is 4. The van der Waals surface area contributed by atoms with E-state index in [9.17, 15) is 19.2 Å². The summed E-state index contributed by atoms with van der Waals surface area (Å²) in [5, 5.41) is 0. The quantitative estimate of drug-likeness (QED) is 0.694. The van der Waals surface area contributed by atoms with Crippen LogP contribution in [0.5, 0.6) is 0 Å². The molecule has 160 valence electrons. The van der Waals surface area contributed by atoms with Crippen molar-refractivity contribution < 1.29 is 19.2 Å². The first kappa shape index (κ1) is 21.0. The minimum atomic E-state index is -0.268. The van der Waals surface area contributed by atoms with Crippen molar-refractivity contribution in [3.8, 4) is 0 Å². The first-order valence-electron chi connectivity index (χ1n) is 10.7. The summed E-state index contributed by atoms with van der Waals surface area (Å²) in [4.78, 5) is 51.8.